The summed E-state index contributed by atoms with van der Waals surface area (Å²) in [4.78, 5) is 0. The summed E-state index contributed by atoms with van der Waals surface area (Å²) in [6, 6.07) is 6.32. The molecule has 0 amide bonds. The molecular weight excluding hydrogens is 266 g/mol. The van der Waals surface area contributed by atoms with Crippen LogP contribution in [-0.4, -0.2) is 13.2 Å². The van der Waals surface area contributed by atoms with Crippen molar-refractivity contribution in [3.05, 3.63) is 28.2 Å². The molecule has 1 aromatic rings. The van der Waals surface area contributed by atoms with Crippen molar-refractivity contribution in [3.8, 4) is 5.75 Å². The highest BCUT2D eigenvalue weighted by atomic mass is 79.9. The topological polar surface area (TPSA) is 35.2 Å². The second-order valence-electron chi connectivity index (χ2n) is 4.41. The van der Waals surface area contributed by atoms with Gasteiger partial charge in [-0.15, -0.1) is 0 Å². The van der Waals surface area contributed by atoms with Crippen LogP contribution in [0.25, 0.3) is 0 Å². The Morgan fingerprint density at radius 1 is 1.38 bits per heavy atom. The minimum Gasteiger partial charge on any atom is -0.492 e. The Morgan fingerprint density at radius 3 is 2.88 bits per heavy atom. The maximum Gasteiger partial charge on any atom is 0.133 e. The lowest BCUT2D eigenvalue weighted by atomic mass is 10.1. The predicted octanol–water partition coefficient (Wildman–Crippen LogP) is 3.13. The summed E-state index contributed by atoms with van der Waals surface area (Å²) in [7, 11) is 0. The van der Waals surface area contributed by atoms with Crippen molar-refractivity contribution >= 4 is 15.9 Å². The van der Waals surface area contributed by atoms with E-state index in [1.165, 1.54) is 18.4 Å². The summed E-state index contributed by atoms with van der Waals surface area (Å²) in [5.74, 6) is 1.76. The Balaban J connectivity index is 1.96. The minimum atomic E-state index is 0.744. The molecule has 3 heteroatoms. The Kier molecular flexibility index (Phi) is 4.24. The number of hydrogen-bond acceptors (Lipinski definition) is 2. The number of aryl methyl sites for hydroxylation is 1. The number of hydrogen-bond donors (Lipinski definition) is 1. The highest BCUT2D eigenvalue weighted by Crippen LogP contribution is 2.32. The van der Waals surface area contributed by atoms with E-state index in [1.54, 1.807) is 0 Å². The molecule has 2 rings (SSSR count). The molecule has 1 aliphatic rings. The molecule has 0 aromatic heterocycles. The van der Waals surface area contributed by atoms with Gasteiger partial charge in [-0.25, -0.2) is 0 Å². The standard InChI is InChI=1S/C13H18BrNO/c14-12-6-5-10(2-1-7-15)8-13(12)16-9-11-3-4-11/h5-6,8,11H,1-4,7,9,15H2. The zero-order valence-corrected chi connectivity index (χ0v) is 11.0. The Morgan fingerprint density at radius 2 is 2.19 bits per heavy atom. The molecule has 0 radical (unpaired) electrons. The Bertz CT molecular complexity index is 350. The maximum absolute atomic E-state index is 5.80. The maximum atomic E-state index is 5.80. The van der Waals surface area contributed by atoms with Gasteiger partial charge in [0.25, 0.3) is 0 Å². The van der Waals surface area contributed by atoms with Gasteiger partial charge in [-0.3, -0.25) is 0 Å². The number of halogens is 1. The lowest BCUT2D eigenvalue weighted by Crippen LogP contribution is -2.02. The number of benzene rings is 1. The third-order valence-electron chi connectivity index (χ3n) is 2.84. The van der Waals surface area contributed by atoms with Gasteiger partial charge in [0.2, 0.25) is 0 Å². The second kappa shape index (κ2) is 5.69. The molecule has 0 aliphatic heterocycles. The van der Waals surface area contributed by atoms with Crippen LogP contribution >= 0.6 is 15.9 Å². The van der Waals surface area contributed by atoms with E-state index in [0.29, 0.717) is 0 Å². The van der Waals surface area contributed by atoms with Crippen molar-refractivity contribution in [1.29, 1.82) is 0 Å². The number of rotatable bonds is 6. The Hall–Kier alpha value is -0.540. The SMILES string of the molecule is NCCCc1ccc(Br)c(OCC2CC2)c1. The summed E-state index contributed by atoms with van der Waals surface area (Å²) in [6.07, 6.45) is 4.71. The van der Waals surface area contributed by atoms with Gasteiger partial charge < -0.3 is 10.5 Å². The van der Waals surface area contributed by atoms with Crippen LogP contribution < -0.4 is 10.5 Å². The molecule has 0 saturated heterocycles. The van der Waals surface area contributed by atoms with Gasteiger partial charge >= 0.3 is 0 Å². The lowest BCUT2D eigenvalue weighted by Gasteiger charge is -2.09. The molecule has 88 valence electrons. The van der Waals surface area contributed by atoms with Gasteiger partial charge in [0, 0.05) is 0 Å². The molecule has 0 unspecified atom stereocenters. The summed E-state index contributed by atoms with van der Waals surface area (Å²) >= 11 is 3.52. The van der Waals surface area contributed by atoms with Crippen LogP contribution in [0, 0.1) is 5.92 Å². The van der Waals surface area contributed by atoms with Crippen LogP contribution in [0.2, 0.25) is 0 Å². The molecule has 0 bridgehead atoms. The van der Waals surface area contributed by atoms with Gasteiger partial charge in [0.05, 0.1) is 11.1 Å². The van der Waals surface area contributed by atoms with E-state index >= 15 is 0 Å². The third-order valence-corrected chi connectivity index (χ3v) is 3.49. The molecule has 16 heavy (non-hydrogen) atoms. The highest BCUT2D eigenvalue weighted by Gasteiger charge is 2.22. The molecule has 1 saturated carbocycles. The number of nitrogens with two attached hydrogens (primary N) is 1. The summed E-state index contributed by atoms with van der Waals surface area (Å²) in [5.41, 5.74) is 6.82. The molecule has 1 aromatic carbocycles. The van der Waals surface area contributed by atoms with Crippen LogP contribution in [0.1, 0.15) is 24.8 Å². The summed E-state index contributed by atoms with van der Waals surface area (Å²) in [5, 5.41) is 0. The molecule has 0 spiro atoms. The smallest absolute Gasteiger partial charge is 0.133 e. The van der Waals surface area contributed by atoms with E-state index in [-0.39, 0.29) is 0 Å². The fraction of sp³-hybridized carbons (Fsp3) is 0.538. The summed E-state index contributed by atoms with van der Waals surface area (Å²) < 4.78 is 6.85. The van der Waals surface area contributed by atoms with E-state index in [9.17, 15) is 0 Å². The first-order valence-corrected chi connectivity index (χ1v) is 6.70. The first-order valence-electron chi connectivity index (χ1n) is 5.91. The minimum absolute atomic E-state index is 0.744. The quantitative estimate of drug-likeness (QED) is 0.871. The van der Waals surface area contributed by atoms with E-state index in [0.717, 1.165) is 42.1 Å². The molecule has 0 heterocycles. The van der Waals surface area contributed by atoms with Crippen LogP contribution in [0.15, 0.2) is 22.7 Å². The zero-order valence-electron chi connectivity index (χ0n) is 9.42. The average Bonchev–Trinajstić information content (AvgIpc) is 3.10. The molecule has 2 nitrogen and oxygen atoms in total. The first kappa shape index (κ1) is 11.9. The number of ether oxygens (including phenoxy) is 1. The highest BCUT2D eigenvalue weighted by molar-refractivity contribution is 9.10. The first-order chi connectivity index (χ1) is 7.79. The molecular formula is C13H18BrNO. The fourth-order valence-corrected chi connectivity index (χ4v) is 1.97. The Labute approximate surface area is 105 Å². The largest absolute Gasteiger partial charge is 0.492 e. The van der Waals surface area contributed by atoms with Crippen LogP contribution in [0.4, 0.5) is 0 Å². The van der Waals surface area contributed by atoms with Gasteiger partial charge in [0.15, 0.2) is 0 Å². The van der Waals surface area contributed by atoms with Crippen molar-refractivity contribution in [2.24, 2.45) is 11.7 Å². The molecule has 0 atom stereocenters. The van der Waals surface area contributed by atoms with E-state index in [4.69, 9.17) is 10.5 Å². The zero-order chi connectivity index (χ0) is 11.4. The van der Waals surface area contributed by atoms with Crippen LogP contribution in [-0.2, 0) is 6.42 Å². The third kappa shape index (κ3) is 3.49. The normalized spacial score (nSPS) is 15.1. The van der Waals surface area contributed by atoms with Crippen molar-refractivity contribution in [2.45, 2.75) is 25.7 Å². The van der Waals surface area contributed by atoms with Gasteiger partial charge in [-0.2, -0.15) is 0 Å². The van der Waals surface area contributed by atoms with Crippen molar-refractivity contribution in [3.63, 3.8) is 0 Å². The lowest BCUT2D eigenvalue weighted by molar-refractivity contribution is 0.297. The van der Waals surface area contributed by atoms with Crippen LogP contribution in [0.5, 0.6) is 5.75 Å². The molecule has 1 aliphatic carbocycles. The van der Waals surface area contributed by atoms with E-state index in [1.807, 2.05) is 0 Å². The van der Waals surface area contributed by atoms with Crippen molar-refractivity contribution in [2.75, 3.05) is 13.2 Å². The van der Waals surface area contributed by atoms with Gasteiger partial charge in [-0.05, 0) is 71.8 Å². The second-order valence-corrected chi connectivity index (χ2v) is 5.27. The van der Waals surface area contributed by atoms with Crippen molar-refractivity contribution < 1.29 is 4.74 Å². The van der Waals surface area contributed by atoms with Crippen LogP contribution in [0.3, 0.4) is 0 Å². The van der Waals surface area contributed by atoms with E-state index in [2.05, 4.69) is 34.1 Å². The van der Waals surface area contributed by atoms with Gasteiger partial charge in [0.1, 0.15) is 5.75 Å². The predicted molar refractivity (Wildman–Crippen MR) is 69.7 cm³/mol. The van der Waals surface area contributed by atoms with Crippen molar-refractivity contribution in [1.82, 2.24) is 0 Å². The van der Waals surface area contributed by atoms with Gasteiger partial charge in [-0.1, -0.05) is 6.07 Å². The summed E-state index contributed by atoms with van der Waals surface area (Å²) in [6.45, 7) is 1.60. The monoisotopic (exact) mass is 283 g/mol. The average molecular weight is 284 g/mol. The molecule has 2 N–H and O–H groups in total. The van der Waals surface area contributed by atoms with E-state index < -0.39 is 0 Å². The fourth-order valence-electron chi connectivity index (χ4n) is 1.61. The molecule has 1 fully saturated rings.